The fraction of sp³-hybridized carbons (Fsp3) is 0.0500. The highest BCUT2D eigenvalue weighted by molar-refractivity contribution is 6.43. The summed E-state index contributed by atoms with van der Waals surface area (Å²) in [6.45, 7) is 0. The molecule has 0 aliphatic carbocycles. The van der Waals surface area contributed by atoms with Gasteiger partial charge in [-0.15, -0.1) is 0 Å². The molecule has 0 unspecified atom stereocenters. The van der Waals surface area contributed by atoms with Crippen molar-refractivity contribution in [2.24, 2.45) is 0 Å². The number of rotatable bonds is 2. The lowest BCUT2D eigenvalue weighted by Crippen LogP contribution is -2.14. The Hall–Kier alpha value is -3.30. The number of carboxylic acid groups (broad SMARTS) is 1. The molecule has 160 valence electrons. The maximum absolute atomic E-state index is 13.2. The van der Waals surface area contributed by atoms with Crippen molar-refractivity contribution in [3.05, 3.63) is 82.1 Å². The van der Waals surface area contributed by atoms with Crippen molar-refractivity contribution in [3.63, 3.8) is 0 Å². The molecular weight excluding hydrogens is 456 g/mol. The zero-order valence-corrected chi connectivity index (χ0v) is 16.9. The Morgan fingerprint density at radius 3 is 2.26 bits per heavy atom. The number of anilines is 1. The third-order valence-corrected chi connectivity index (χ3v) is 4.82. The maximum atomic E-state index is 13.2. The Bertz CT molecular complexity index is 1220. The van der Waals surface area contributed by atoms with Crippen molar-refractivity contribution in [3.8, 4) is 11.3 Å². The van der Waals surface area contributed by atoms with E-state index in [-0.39, 0.29) is 11.3 Å². The smallest absolute Gasteiger partial charge is 0.433 e. The third-order valence-electron chi connectivity index (χ3n) is 3.99. The predicted octanol–water partition coefficient (Wildman–Crippen LogP) is 5.69. The largest absolute Gasteiger partial charge is 0.476 e. The number of nitrogens with two attached hydrogens (primary N) is 1. The van der Waals surface area contributed by atoms with E-state index in [9.17, 15) is 18.0 Å². The average Bonchev–Trinajstić information content (AvgIpc) is 3.16. The van der Waals surface area contributed by atoms with E-state index in [0.717, 1.165) is 12.1 Å². The van der Waals surface area contributed by atoms with Crippen LogP contribution in [0, 0.1) is 0 Å². The second-order valence-electron chi connectivity index (χ2n) is 6.14. The van der Waals surface area contributed by atoms with Gasteiger partial charge in [0.05, 0.1) is 21.4 Å². The molecule has 2 aromatic carbocycles. The molecule has 0 bridgehead atoms. The molecule has 2 heterocycles. The standard InChI is InChI=1S/C14H8F3N3O2.C6H5Cl2N/c15-14(16,17)11-6-9(8-4-2-1-3-5-8)18-12-7-10(13(21)22)19-20(11)12;7-4-2-1-3-5(9)6(4)8/h1-7H,(H,21,22);1-3H,9H2. The molecule has 0 saturated carbocycles. The van der Waals surface area contributed by atoms with Crippen LogP contribution in [-0.2, 0) is 6.18 Å². The average molecular weight is 469 g/mol. The van der Waals surface area contributed by atoms with Crippen molar-refractivity contribution in [2.75, 3.05) is 5.73 Å². The summed E-state index contributed by atoms with van der Waals surface area (Å²) in [7, 11) is 0. The summed E-state index contributed by atoms with van der Waals surface area (Å²) in [5.74, 6) is -1.42. The van der Waals surface area contributed by atoms with Crippen molar-refractivity contribution in [2.45, 2.75) is 6.18 Å². The lowest BCUT2D eigenvalue weighted by Gasteiger charge is -2.10. The van der Waals surface area contributed by atoms with Crippen LogP contribution in [0.2, 0.25) is 10.0 Å². The number of hydrogen-bond acceptors (Lipinski definition) is 4. The molecule has 0 saturated heterocycles. The molecule has 0 radical (unpaired) electrons. The van der Waals surface area contributed by atoms with Crippen molar-refractivity contribution in [1.82, 2.24) is 14.6 Å². The van der Waals surface area contributed by atoms with Gasteiger partial charge in [-0.25, -0.2) is 14.3 Å². The van der Waals surface area contributed by atoms with Gasteiger partial charge in [-0.2, -0.15) is 18.3 Å². The van der Waals surface area contributed by atoms with Gasteiger partial charge in [0.1, 0.15) is 0 Å². The summed E-state index contributed by atoms with van der Waals surface area (Å²) in [5.41, 5.74) is 4.76. The number of carbonyl (C=O) groups is 1. The van der Waals surface area contributed by atoms with Crippen molar-refractivity contribution >= 4 is 40.5 Å². The lowest BCUT2D eigenvalue weighted by molar-refractivity contribution is -0.142. The van der Waals surface area contributed by atoms with Gasteiger partial charge in [0, 0.05) is 11.6 Å². The topological polar surface area (TPSA) is 93.5 Å². The van der Waals surface area contributed by atoms with Gasteiger partial charge in [-0.05, 0) is 18.2 Å². The zero-order valence-electron chi connectivity index (χ0n) is 15.4. The molecule has 3 N–H and O–H groups in total. The van der Waals surface area contributed by atoms with Crippen LogP contribution in [0.1, 0.15) is 16.2 Å². The molecule has 11 heteroatoms. The van der Waals surface area contributed by atoms with E-state index < -0.39 is 23.5 Å². The summed E-state index contributed by atoms with van der Waals surface area (Å²) in [6, 6.07) is 15.3. The van der Waals surface area contributed by atoms with Gasteiger partial charge < -0.3 is 10.8 Å². The molecule has 2 aromatic heterocycles. The molecule has 6 nitrogen and oxygen atoms in total. The number of halogens is 5. The van der Waals surface area contributed by atoms with Crippen molar-refractivity contribution < 1.29 is 23.1 Å². The highest BCUT2D eigenvalue weighted by atomic mass is 35.5. The molecule has 4 aromatic rings. The fourth-order valence-electron chi connectivity index (χ4n) is 2.56. The third kappa shape index (κ3) is 5.07. The van der Waals surface area contributed by atoms with Crippen LogP contribution in [0.15, 0.2) is 60.7 Å². The molecule has 0 fully saturated rings. The summed E-state index contributed by atoms with van der Waals surface area (Å²) in [6.07, 6.45) is -4.69. The van der Waals surface area contributed by atoms with Crippen LogP contribution in [0.5, 0.6) is 0 Å². The maximum Gasteiger partial charge on any atom is 0.433 e. The van der Waals surface area contributed by atoms with Crippen molar-refractivity contribution in [1.29, 1.82) is 0 Å². The number of aromatic nitrogens is 3. The minimum Gasteiger partial charge on any atom is -0.476 e. The normalized spacial score (nSPS) is 11.1. The summed E-state index contributed by atoms with van der Waals surface area (Å²) >= 11 is 11.2. The molecule has 0 atom stereocenters. The summed E-state index contributed by atoms with van der Waals surface area (Å²) in [5, 5.41) is 13.3. The Morgan fingerprint density at radius 1 is 1.03 bits per heavy atom. The number of benzene rings is 2. The fourth-order valence-corrected chi connectivity index (χ4v) is 2.87. The second-order valence-corrected chi connectivity index (χ2v) is 6.92. The highest BCUT2D eigenvalue weighted by Gasteiger charge is 2.35. The van der Waals surface area contributed by atoms with Gasteiger partial charge in [0.15, 0.2) is 17.0 Å². The van der Waals surface area contributed by atoms with Gasteiger partial charge in [-0.3, -0.25) is 0 Å². The zero-order chi connectivity index (χ0) is 22.8. The first-order valence-electron chi connectivity index (χ1n) is 8.54. The van der Waals surface area contributed by atoms with E-state index in [1.54, 1.807) is 48.5 Å². The first kappa shape index (κ1) is 22.4. The molecule has 31 heavy (non-hydrogen) atoms. The van der Waals surface area contributed by atoms with E-state index in [2.05, 4.69) is 10.1 Å². The lowest BCUT2D eigenvalue weighted by atomic mass is 10.1. The van der Waals surface area contributed by atoms with Crippen LogP contribution in [0.3, 0.4) is 0 Å². The summed E-state index contributed by atoms with van der Waals surface area (Å²) < 4.78 is 40.1. The van der Waals surface area contributed by atoms with Crippen LogP contribution in [0.4, 0.5) is 18.9 Å². The minimum atomic E-state index is -4.69. The monoisotopic (exact) mass is 468 g/mol. The van der Waals surface area contributed by atoms with Crippen LogP contribution < -0.4 is 5.73 Å². The van der Waals surface area contributed by atoms with E-state index >= 15 is 0 Å². The summed E-state index contributed by atoms with van der Waals surface area (Å²) in [4.78, 5) is 15.0. The number of hydrogen-bond donors (Lipinski definition) is 2. The SMILES string of the molecule is Nc1cccc(Cl)c1Cl.O=C(O)c1cc2nc(-c3ccccc3)cc(C(F)(F)F)n2n1. The number of alkyl halides is 3. The van der Waals surface area contributed by atoms with E-state index in [1.165, 1.54) is 0 Å². The Kier molecular flexibility index (Phi) is 6.37. The molecular formula is C20H13Cl2F3N4O2. The molecule has 0 aliphatic heterocycles. The molecule has 0 aliphatic rings. The number of nitrogens with zero attached hydrogens (tertiary/aromatic N) is 3. The van der Waals surface area contributed by atoms with Gasteiger partial charge >= 0.3 is 12.1 Å². The quantitative estimate of drug-likeness (QED) is 0.368. The Morgan fingerprint density at radius 2 is 1.71 bits per heavy atom. The molecule has 0 spiro atoms. The van der Waals surface area contributed by atoms with Crippen LogP contribution in [-0.4, -0.2) is 25.7 Å². The Labute approximate surface area is 183 Å². The number of aromatic carboxylic acids is 1. The van der Waals surface area contributed by atoms with Gasteiger partial charge in [0.2, 0.25) is 0 Å². The number of carboxylic acids is 1. The minimum absolute atomic E-state index is 0.0947. The van der Waals surface area contributed by atoms with E-state index in [0.29, 0.717) is 25.8 Å². The number of fused-ring (bicyclic) bond motifs is 1. The van der Waals surface area contributed by atoms with Gasteiger partial charge in [0.25, 0.3) is 0 Å². The number of nitrogen functional groups attached to an aromatic ring is 1. The van der Waals surface area contributed by atoms with E-state index in [1.807, 2.05) is 0 Å². The van der Waals surface area contributed by atoms with Gasteiger partial charge in [-0.1, -0.05) is 59.6 Å². The first-order chi connectivity index (χ1) is 14.6. The first-order valence-corrected chi connectivity index (χ1v) is 9.29. The van der Waals surface area contributed by atoms with Crippen LogP contribution in [0.25, 0.3) is 16.9 Å². The Balaban J connectivity index is 0.000000254. The molecule has 4 rings (SSSR count). The predicted molar refractivity (Wildman–Crippen MR) is 111 cm³/mol. The second kappa shape index (κ2) is 8.83. The molecule has 0 amide bonds. The van der Waals surface area contributed by atoms with E-state index in [4.69, 9.17) is 34.0 Å². The van der Waals surface area contributed by atoms with Crippen LogP contribution >= 0.6 is 23.2 Å². The highest BCUT2D eigenvalue weighted by Crippen LogP contribution is 2.32.